The van der Waals surface area contributed by atoms with Gasteiger partial charge in [-0.15, -0.1) is 0 Å². The molecule has 0 spiro atoms. The number of para-hydroxylation sites is 2. The van der Waals surface area contributed by atoms with Gasteiger partial charge < -0.3 is 21.2 Å². The van der Waals surface area contributed by atoms with Gasteiger partial charge in [-0.2, -0.15) is 0 Å². The van der Waals surface area contributed by atoms with E-state index in [4.69, 9.17) is 4.79 Å². The van der Waals surface area contributed by atoms with Crippen molar-refractivity contribution >= 4 is 16.6 Å². The summed E-state index contributed by atoms with van der Waals surface area (Å²) in [5.41, 5.74) is 7.64. The van der Waals surface area contributed by atoms with Crippen LogP contribution in [-0.4, -0.2) is 15.2 Å². The summed E-state index contributed by atoms with van der Waals surface area (Å²) in [6, 6.07) is 60.9. The van der Waals surface area contributed by atoms with Crippen LogP contribution in [0.15, 0.2) is 204 Å². The van der Waals surface area contributed by atoms with Gasteiger partial charge in [-0.1, -0.05) is 193 Å². The Morgan fingerprint density at radius 2 is 0.588 bits per heavy atom. The minimum Gasteiger partial charge on any atom is -0.872 e. The molecule has 0 atom stereocenters. The average molecular weight is 704 g/mol. The van der Waals surface area contributed by atoms with Crippen molar-refractivity contribution < 1.29 is 53.0 Å². The molecule has 0 amide bonds. The number of carbonyl (C=O) groups is 1. The maximum Gasteiger partial charge on any atom is 1.00 e. The molecule has 252 valence electrons. The molecule has 0 aliphatic rings. The van der Waals surface area contributed by atoms with Crippen LogP contribution in [-0.2, 0) is 14.6 Å². The van der Waals surface area contributed by atoms with Gasteiger partial charge in [-0.25, -0.2) is 8.42 Å². The third kappa shape index (κ3) is 11.6. The van der Waals surface area contributed by atoms with Gasteiger partial charge in [0.1, 0.15) is 6.79 Å². The minimum absolute atomic E-state index is 0. The number of rotatable bonds is 5. The molecule has 0 aliphatic heterocycles. The SMILES string of the molecule is C=O.O=S(=O)(c1ccccc1[O-])c1ccccc1[O-].[NH4+].[Na+].c1ccc(-c2ccccc2)cc1.c1ccc(-c2ccccc2-c2ccccc2)cc1. The van der Waals surface area contributed by atoms with Crippen LogP contribution in [0.1, 0.15) is 0 Å². The zero-order valence-electron chi connectivity index (χ0n) is 28.6. The van der Waals surface area contributed by atoms with Crippen LogP contribution in [0.25, 0.3) is 33.4 Å². The summed E-state index contributed by atoms with van der Waals surface area (Å²) >= 11 is 0. The second kappa shape index (κ2) is 21.7. The molecule has 7 rings (SSSR count). The first-order chi connectivity index (χ1) is 23.9. The number of quaternary nitrogens is 1. The van der Waals surface area contributed by atoms with E-state index in [1.807, 2.05) is 18.9 Å². The fourth-order valence-corrected chi connectivity index (χ4v) is 6.36. The molecule has 0 saturated carbocycles. The Morgan fingerprint density at radius 3 is 0.882 bits per heavy atom. The zero-order valence-corrected chi connectivity index (χ0v) is 31.4. The third-order valence-corrected chi connectivity index (χ3v) is 9.09. The van der Waals surface area contributed by atoms with Gasteiger partial charge in [0.15, 0.2) is 0 Å². The van der Waals surface area contributed by atoms with E-state index in [0.717, 1.165) is 12.1 Å². The summed E-state index contributed by atoms with van der Waals surface area (Å²) in [5, 5.41) is 22.9. The van der Waals surface area contributed by atoms with E-state index in [1.165, 1.54) is 69.8 Å². The largest absolute Gasteiger partial charge is 1.00 e. The fraction of sp³-hybridized carbons (Fsp3) is 0. The van der Waals surface area contributed by atoms with E-state index in [2.05, 4.69) is 133 Å². The number of hydrogen-bond acceptors (Lipinski definition) is 5. The van der Waals surface area contributed by atoms with E-state index >= 15 is 0 Å². The van der Waals surface area contributed by atoms with Crippen molar-refractivity contribution in [1.82, 2.24) is 6.15 Å². The van der Waals surface area contributed by atoms with Gasteiger partial charge in [-0.05, 0) is 45.5 Å². The van der Waals surface area contributed by atoms with Crippen LogP contribution in [0.2, 0.25) is 0 Å². The smallest absolute Gasteiger partial charge is 0.872 e. The van der Waals surface area contributed by atoms with Crippen molar-refractivity contribution in [3.05, 3.63) is 194 Å². The summed E-state index contributed by atoms with van der Waals surface area (Å²) in [5.74, 6) is -1.23. The molecule has 4 N–H and O–H groups in total. The van der Waals surface area contributed by atoms with Gasteiger partial charge in [0.2, 0.25) is 9.84 Å². The molecule has 0 unspecified atom stereocenters. The van der Waals surface area contributed by atoms with Crippen LogP contribution < -0.4 is 45.9 Å². The van der Waals surface area contributed by atoms with Crippen molar-refractivity contribution in [3.8, 4) is 44.9 Å². The molecule has 0 saturated heterocycles. The Balaban J connectivity index is 0.000000258. The Hall–Kier alpha value is -5.28. The zero-order chi connectivity index (χ0) is 34.9. The summed E-state index contributed by atoms with van der Waals surface area (Å²) in [6.07, 6.45) is 0. The Bertz CT molecular complexity index is 1990. The molecule has 0 radical (unpaired) electrons. The van der Waals surface area contributed by atoms with Crippen LogP contribution in [0.4, 0.5) is 0 Å². The van der Waals surface area contributed by atoms with Gasteiger partial charge in [0.25, 0.3) is 0 Å². The molecule has 8 heteroatoms. The fourth-order valence-electron chi connectivity index (χ4n) is 4.95. The molecule has 0 heterocycles. The first-order valence-corrected chi connectivity index (χ1v) is 16.8. The van der Waals surface area contributed by atoms with Crippen molar-refractivity contribution in [1.29, 1.82) is 0 Å². The molecule has 0 aromatic heterocycles. The number of hydrogen-bond donors (Lipinski definition) is 1. The quantitative estimate of drug-likeness (QED) is 0.212. The van der Waals surface area contributed by atoms with Crippen LogP contribution >= 0.6 is 0 Å². The standard InChI is InChI=1S/C18H14.C12H10O4S.C12H10.CH2O.H3N.Na/c1-3-9-15(10-4-1)17-13-7-8-14-18(17)16-11-5-2-6-12-16;13-9-5-1-3-7-11(9)17(15,16)12-8-4-2-6-10(12)14;1-3-7-11(8-4-1)12-9-5-2-6-10-12;1-2;;/h1-14H;1-8,13-14H;1-10H;1H2;1H3;/q;;;;;+1/p-1. The van der Waals surface area contributed by atoms with Crippen molar-refractivity contribution in [2.24, 2.45) is 0 Å². The maximum absolute atomic E-state index is 12.1. The topological polar surface area (TPSA) is 134 Å². The van der Waals surface area contributed by atoms with E-state index in [-0.39, 0.29) is 45.5 Å². The van der Waals surface area contributed by atoms with E-state index in [1.54, 1.807) is 0 Å². The molecule has 0 fully saturated rings. The Kier molecular flexibility index (Phi) is 17.8. The van der Waals surface area contributed by atoms with E-state index in [9.17, 15) is 18.6 Å². The summed E-state index contributed by atoms with van der Waals surface area (Å²) in [4.78, 5) is 7.26. The normalized spacial score (nSPS) is 9.73. The van der Waals surface area contributed by atoms with Crippen LogP contribution in [0.5, 0.6) is 11.5 Å². The molecule has 0 aliphatic carbocycles. The summed E-state index contributed by atoms with van der Waals surface area (Å²) < 4.78 is 24.2. The molecule has 0 bridgehead atoms. The molecule has 6 nitrogen and oxygen atoms in total. The molecule has 7 aromatic carbocycles. The maximum atomic E-state index is 12.1. The monoisotopic (exact) mass is 703 g/mol. The minimum atomic E-state index is -4.03. The predicted octanol–water partition coefficient (Wildman–Crippen LogP) is 6.24. The third-order valence-electron chi connectivity index (χ3n) is 7.25. The second-order valence-electron chi connectivity index (χ2n) is 10.4. The van der Waals surface area contributed by atoms with Crippen molar-refractivity contribution in [2.75, 3.05) is 0 Å². The Labute approximate surface area is 322 Å². The van der Waals surface area contributed by atoms with E-state index < -0.39 is 21.3 Å². The molecular formula is C43H38NNaO5S. The number of carbonyl (C=O) groups excluding carboxylic acids is 1. The average Bonchev–Trinajstić information content (AvgIpc) is 3.18. The van der Waals surface area contributed by atoms with Gasteiger partial charge >= 0.3 is 29.6 Å². The first-order valence-electron chi connectivity index (χ1n) is 15.3. The van der Waals surface area contributed by atoms with Crippen molar-refractivity contribution in [2.45, 2.75) is 9.79 Å². The van der Waals surface area contributed by atoms with Gasteiger partial charge in [-0.3, -0.25) is 0 Å². The van der Waals surface area contributed by atoms with Gasteiger partial charge in [0.05, 0.1) is 9.79 Å². The second-order valence-corrected chi connectivity index (χ2v) is 12.3. The van der Waals surface area contributed by atoms with Gasteiger partial charge in [0, 0.05) is 0 Å². The van der Waals surface area contributed by atoms with Crippen molar-refractivity contribution in [3.63, 3.8) is 0 Å². The molecule has 7 aromatic rings. The first kappa shape index (κ1) is 41.9. The Morgan fingerprint density at radius 1 is 0.353 bits per heavy atom. The molecular weight excluding hydrogens is 666 g/mol. The summed E-state index contributed by atoms with van der Waals surface area (Å²) in [6.45, 7) is 2.00. The number of sulfone groups is 1. The summed E-state index contributed by atoms with van der Waals surface area (Å²) in [7, 11) is -4.03. The van der Waals surface area contributed by atoms with Crippen LogP contribution in [0, 0.1) is 0 Å². The van der Waals surface area contributed by atoms with E-state index in [0.29, 0.717) is 0 Å². The van der Waals surface area contributed by atoms with Crippen LogP contribution in [0.3, 0.4) is 0 Å². The predicted molar refractivity (Wildman–Crippen MR) is 200 cm³/mol. The number of benzene rings is 7. The molecule has 51 heavy (non-hydrogen) atoms.